The van der Waals surface area contributed by atoms with E-state index in [-0.39, 0.29) is 12.7 Å². The Kier molecular flexibility index (Phi) is 5.84. The molecule has 0 spiro atoms. The standard InChI is InChI=1S/C24H24N4O3/c1-15-6-7-19(13-16(2)31-14-30-15)21-22(20-5-3-4-12-26-20)28-24(27-21)18-10-8-17(9-11-18)23(25)29/h3-10,12-13,18H,11,14H2,1-2H3,(H2,25,29)(H,27,28)/b15-6+,16-13+,19-7+. The van der Waals surface area contributed by atoms with Gasteiger partial charge in [0.1, 0.15) is 5.82 Å². The van der Waals surface area contributed by atoms with E-state index >= 15 is 0 Å². The molecule has 0 radical (unpaired) electrons. The molecule has 7 heteroatoms. The van der Waals surface area contributed by atoms with Crippen LogP contribution in [-0.2, 0) is 14.3 Å². The highest BCUT2D eigenvalue weighted by Crippen LogP contribution is 2.33. The molecule has 2 aromatic rings. The maximum atomic E-state index is 11.4. The molecular formula is C24H24N4O3. The topological polar surface area (TPSA) is 103 Å². The van der Waals surface area contributed by atoms with Crippen LogP contribution in [0.15, 0.2) is 77.9 Å². The fourth-order valence-corrected chi connectivity index (χ4v) is 3.40. The number of carbonyl (C=O) groups excluding carboxylic acids is 1. The van der Waals surface area contributed by atoms with Crippen LogP contribution in [0.3, 0.4) is 0 Å². The first-order valence-corrected chi connectivity index (χ1v) is 10.0. The zero-order valence-electron chi connectivity index (χ0n) is 17.5. The molecule has 1 atom stereocenters. The zero-order valence-corrected chi connectivity index (χ0v) is 17.5. The van der Waals surface area contributed by atoms with Gasteiger partial charge in [0, 0.05) is 23.3 Å². The first-order chi connectivity index (χ1) is 15.0. The molecule has 7 nitrogen and oxygen atoms in total. The van der Waals surface area contributed by atoms with E-state index in [4.69, 9.17) is 20.2 Å². The lowest BCUT2D eigenvalue weighted by atomic mass is 9.96. The van der Waals surface area contributed by atoms with Crippen LogP contribution in [0.1, 0.15) is 37.7 Å². The summed E-state index contributed by atoms with van der Waals surface area (Å²) in [5, 5.41) is 0. The van der Waals surface area contributed by atoms with Gasteiger partial charge in [-0.3, -0.25) is 9.78 Å². The molecule has 31 heavy (non-hydrogen) atoms. The normalized spacial score (nSPS) is 23.9. The third kappa shape index (κ3) is 4.66. The van der Waals surface area contributed by atoms with Crippen LogP contribution in [0, 0.1) is 0 Å². The molecule has 4 rings (SSSR count). The van der Waals surface area contributed by atoms with Crippen LogP contribution >= 0.6 is 0 Å². The molecule has 0 saturated carbocycles. The van der Waals surface area contributed by atoms with Crippen molar-refractivity contribution in [3.05, 3.63) is 89.5 Å². The summed E-state index contributed by atoms with van der Waals surface area (Å²) in [4.78, 5) is 24.3. The molecule has 158 valence electrons. The fraction of sp³-hybridized carbons (Fsp3) is 0.208. The first-order valence-electron chi connectivity index (χ1n) is 10.0. The number of nitrogens with two attached hydrogens (primary N) is 1. The first kappa shape index (κ1) is 20.4. The molecule has 0 aromatic carbocycles. The van der Waals surface area contributed by atoms with Crippen LogP contribution in [0.25, 0.3) is 17.0 Å². The van der Waals surface area contributed by atoms with Gasteiger partial charge in [-0.1, -0.05) is 24.3 Å². The number of imidazole rings is 1. The number of ether oxygens (including phenoxy) is 2. The van der Waals surface area contributed by atoms with E-state index in [1.54, 1.807) is 12.3 Å². The lowest BCUT2D eigenvalue weighted by Gasteiger charge is -2.12. The molecule has 1 aliphatic carbocycles. The summed E-state index contributed by atoms with van der Waals surface area (Å²) in [6, 6.07) is 5.76. The van der Waals surface area contributed by atoms with E-state index < -0.39 is 5.91 Å². The van der Waals surface area contributed by atoms with Gasteiger partial charge in [0.25, 0.3) is 0 Å². The average molecular weight is 416 g/mol. The average Bonchev–Trinajstić information content (AvgIpc) is 3.24. The van der Waals surface area contributed by atoms with Crippen molar-refractivity contribution in [1.29, 1.82) is 0 Å². The lowest BCUT2D eigenvalue weighted by Crippen LogP contribution is -2.14. The van der Waals surface area contributed by atoms with Gasteiger partial charge in [-0.05, 0) is 50.6 Å². The molecule has 1 aliphatic heterocycles. The van der Waals surface area contributed by atoms with Gasteiger partial charge in [-0.25, -0.2) is 4.98 Å². The number of hydrogen-bond acceptors (Lipinski definition) is 5. The van der Waals surface area contributed by atoms with Gasteiger partial charge < -0.3 is 20.2 Å². The molecule has 3 heterocycles. The van der Waals surface area contributed by atoms with Gasteiger partial charge in [-0.2, -0.15) is 0 Å². The van der Waals surface area contributed by atoms with Crippen molar-refractivity contribution in [3.8, 4) is 11.4 Å². The third-order valence-electron chi connectivity index (χ3n) is 5.08. The summed E-state index contributed by atoms with van der Waals surface area (Å²) in [5.41, 5.74) is 9.14. The Morgan fingerprint density at radius 2 is 2.03 bits per heavy atom. The number of carbonyl (C=O) groups is 1. The second-order valence-electron chi connectivity index (χ2n) is 7.35. The molecule has 0 saturated heterocycles. The van der Waals surface area contributed by atoms with Crippen molar-refractivity contribution in [2.75, 3.05) is 6.79 Å². The molecule has 0 bridgehead atoms. The van der Waals surface area contributed by atoms with E-state index in [0.29, 0.717) is 12.0 Å². The number of hydrogen-bond donors (Lipinski definition) is 2. The highest BCUT2D eigenvalue weighted by atomic mass is 16.7. The fourth-order valence-electron chi connectivity index (χ4n) is 3.40. The van der Waals surface area contributed by atoms with Crippen molar-refractivity contribution in [3.63, 3.8) is 0 Å². The SMILES string of the molecule is C\C1=C/C=C(c2nc(C3C=CC(C(N)=O)=CC3)[nH]c2-c2ccccn2)\C=C(/C)OCO1. The number of pyridine rings is 1. The van der Waals surface area contributed by atoms with Crippen LogP contribution in [0.4, 0.5) is 0 Å². The Morgan fingerprint density at radius 1 is 1.19 bits per heavy atom. The minimum atomic E-state index is -0.426. The van der Waals surface area contributed by atoms with E-state index in [2.05, 4.69) is 9.97 Å². The number of H-pyrrole nitrogens is 1. The van der Waals surface area contributed by atoms with Gasteiger partial charge >= 0.3 is 0 Å². The number of amides is 1. The summed E-state index contributed by atoms with van der Waals surface area (Å²) in [5.74, 6) is 1.83. The second kappa shape index (κ2) is 8.87. The van der Waals surface area contributed by atoms with E-state index in [1.807, 2.05) is 62.4 Å². The smallest absolute Gasteiger partial charge is 0.248 e. The van der Waals surface area contributed by atoms with E-state index in [0.717, 1.165) is 40.0 Å². The number of aromatic nitrogens is 3. The number of primary amides is 1. The Balaban J connectivity index is 1.80. The zero-order chi connectivity index (χ0) is 21.8. The second-order valence-corrected chi connectivity index (χ2v) is 7.35. The maximum Gasteiger partial charge on any atom is 0.248 e. The van der Waals surface area contributed by atoms with Crippen molar-refractivity contribution in [2.45, 2.75) is 26.2 Å². The molecule has 2 aromatic heterocycles. The quantitative estimate of drug-likeness (QED) is 0.780. The highest BCUT2D eigenvalue weighted by molar-refractivity contribution is 5.95. The van der Waals surface area contributed by atoms with E-state index in [9.17, 15) is 4.79 Å². The van der Waals surface area contributed by atoms with Crippen molar-refractivity contribution in [1.82, 2.24) is 15.0 Å². The van der Waals surface area contributed by atoms with Gasteiger partial charge in [0.2, 0.25) is 12.7 Å². The Morgan fingerprint density at radius 3 is 2.74 bits per heavy atom. The molecular weight excluding hydrogens is 392 g/mol. The summed E-state index contributed by atoms with van der Waals surface area (Å²) in [7, 11) is 0. The summed E-state index contributed by atoms with van der Waals surface area (Å²) in [6.45, 7) is 3.92. The monoisotopic (exact) mass is 416 g/mol. The molecule has 2 aliphatic rings. The van der Waals surface area contributed by atoms with Crippen molar-refractivity contribution < 1.29 is 14.3 Å². The Labute approximate surface area is 180 Å². The summed E-state index contributed by atoms with van der Waals surface area (Å²) < 4.78 is 11.2. The Hall–Kier alpha value is -3.87. The van der Waals surface area contributed by atoms with Crippen molar-refractivity contribution in [2.24, 2.45) is 5.73 Å². The summed E-state index contributed by atoms with van der Waals surface area (Å²) in [6.07, 6.45) is 13.7. The molecule has 1 unspecified atom stereocenters. The Bertz CT molecular complexity index is 1140. The van der Waals surface area contributed by atoms with Crippen molar-refractivity contribution >= 4 is 11.5 Å². The van der Waals surface area contributed by atoms with Crippen LogP contribution < -0.4 is 5.73 Å². The number of nitrogens with one attached hydrogen (secondary N) is 1. The van der Waals surface area contributed by atoms with Gasteiger partial charge in [0.05, 0.1) is 28.6 Å². The van der Waals surface area contributed by atoms with Crippen LogP contribution in [0.2, 0.25) is 0 Å². The maximum absolute atomic E-state index is 11.4. The van der Waals surface area contributed by atoms with Crippen LogP contribution in [0.5, 0.6) is 0 Å². The van der Waals surface area contributed by atoms with Gasteiger partial charge in [-0.15, -0.1) is 0 Å². The number of aromatic amines is 1. The minimum absolute atomic E-state index is 0.00168. The highest BCUT2D eigenvalue weighted by Gasteiger charge is 2.22. The lowest BCUT2D eigenvalue weighted by molar-refractivity contribution is -0.114. The largest absolute Gasteiger partial charge is 0.462 e. The number of allylic oxidation sites excluding steroid dienone is 8. The van der Waals surface area contributed by atoms with Gasteiger partial charge in [0.15, 0.2) is 0 Å². The minimum Gasteiger partial charge on any atom is -0.462 e. The number of nitrogens with zero attached hydrogens (tertiary/aromatic N) is 2. The molecule has 3 N–H and O–H groups in total. The van der Waals surface area contributed by atoms with Crippen LogP contribution in [-0.4, -0.2) is 27.7 Å². The van der Waals surface area contributed by atoms with E-state index in [1.165, 1.54) is 0 Å². The number of rotatable bonds is 4. The third-order valence-corrected chi connectivity index (χ3v) is 5.08. The predicted octanol–water partition coefficient (Wildman–Crippen LogP) is 4.12. The summed E-state index contributed by atoms with van der Waals surface area (Å²) >= 11 is 0. The predicted molar refractivity (Wildman–Crippen MR) is 118 cm³/mol. The molecule has 0 fully saturated rings. The molecule has 1 amide bonds.